The Morgan fingerprint density at radius 1 is 1.00 bits per heavy atom. The molecule has 2 amide bonds. The minimum absolute atomic E-state index is 0.0682. The summed E-state index contributed by atoms with van der Waals surface area (Å²) in [5, 5.41) is 5.93. The van der Waals surface area contributed by atoms with E-state index in [2.05, 4.69) is 10.6 Å². The van der Waals surface area contributed by atoms with Gasteiger partial charge in [-0.15, -0.1) is 0 Å². The average Bonchev–Trinajstić information content (AvgIpc) is 3.45. The van der Waals surface area contributed by atoms with Gasteiger partial charge < -0.3 is 15.1 Å². The molecule has 1 unspecified atom stereocenters. The molecule has 4 rings (SSSR count). The van der Waals surface area contributed by atoms with Gasteiger partial charge in [0.25, 0.3) is 0 Å². The van der Waals surface area contributed by atoms with Crippen molar-refractivity contribution in [2.45, 2.75) is 25.4 Å². The fourth-order valence-electron chi connectivity index (χ4n) is 3.85. The number of hydrogen-bond donors (Lipinski definition) is 2. The van der Waals surface area contributed by atoms with Crippen LogP contribution in [-0.2, 0) is 16.1 Å². The number of benzene rings is 2. The van der Waals surface area contributed by atoms with E-state index in [1.807, 2.05) is 65.6 Å². The third-order valence-corrected chi connectivity index (χ3v) is 5.32. The zero-order valence-corrected chi connectivity index (χ0v) is 16.7. The van der Waals surface area contributed by atoms with Crippen LogP contribution < -0.4 is 10.6 Å². The summed E-state index contributed by atoms with van der Waals surface area (Å²) in [4.78, 5) is 27.3. The first kappa shape index (κ1) is 19.9. The van der Waals surface area contributed by atoms with Gasteiger partial charge in [0.1, 0.15) is 5.76 Å². The maximum absolute atomic E-state index is 12.8. The first-order valence-electron chi connectivity index (χ1n) is 10.2. The van der Waals surface area contributed by atoms with Crippen LogP contribution in [0.1, 0.15) is 18.6 Å². The largest absolute Gasteiger partial charge is 0.467 e. The molecule has 0 bridgehead atoms. The van der Waals surface area contributed by atoms with Gasteiger partial charge in [-0.3, -0.25) is 14.5 Å². The molecule has 0 radical (unpaired) electrons. The third kappa shape index (κ3) is 4.78. The Kier molecular flexibility index (Phi) is 6.25. The van der Waals surface area contributed by atoms with Crippen LogP contribution in [0.3, 0.4) is 0 Å². The highest BCUT2D eigenvalue weighted by Crippen LogP contribution is 2.27. The van der Waals surface area contributed by atoms with Crippen molar-refractivity contribution in [2.24, 2.45) is 0 Å². The molecule has 0 spiro atoms. The summed E-state index contributed by atoms with van der Waals surface area (Å²) in [6, 6.07) is 21.0. The molecule has 1 fully saturated rings. The number of para-hydroxylation sites is 1. The summed E-state index contributed by atoms with van der Waals surface area (Å²) in [5.41, 5.74) is 2.79. The predicted molar refractivity (Wildman–Crippen MR) is 116 cm³/mol. The molecular weight excluding hydrogens is 378 g/mol. The number of carbonyl (C=O) groups is 2. The van der Waals surface area contributed by atoms with Crippen molar-refractivity contribution in [1.82, 2.24) is 10.2 Å². The number of rotatable bonds is 7. The molecule has 1 aromatic heterocycles. The lowest BCUT2D eigenvalue weighted by Gasteiger charge is -2.23. The highest BCUT2D eigenvalue weighted by molar-refractivity contribution is 5.97. The molecule has 154 valence electrons. The zero-order valence-electron chi connectivity index (χ0n) is 16.7. The number of hydrogen-bond acceptors (Lipinski definition) is 4. The van der Waals surface area contributed by atoms with E-state index in [-0.39, 0.29) is 24.4 Å². The first-order valence-corrected chi connectivity index (χ1v) is 10.2. The lowest BCUT2D eigenvalue weighted by Crippen LogP contribution is -2.45. The molecule has 1 aliphatic rings. The van der Waals surface area contributed by atoms with E-state index in [9.17, 15) is 9.59 Å². The van der Waals surface area contributed by atoms with Gasteiger partial charge in [0.2, 0.25) is 11.8 Å². The normalized spacial score (nSPS) is 16.3. The second kappa shape index (κ2) is 9.41. The molecule has 2 aromatic carbocycles. The van der Waals surface area contributed by atoms with Crippen molar-refractivity contribution in [2.75, 3.05) is 18.4 Å². The lowest BCUT2D eigenvalue weighted by atomic mass is 10.0. The molecule has 2 heterocycles. The van der Waals surface area contributed by atoms with Crippen molar-refractivity contribution >= 4 is 17.5 Å². The van der Waals surface area contributed by atoms with Gasteiger partial charge in [0, 0.05) is 11.3 Å². The lowest BCUT2D eigenvalue weighted by molar-refractivity contribution is -0.126. The van der Waals surface area contributed by atoms with Gasteiger partial charge in [-0.1, -0.05) is 48.5 Å². The van der Waals surface area contributed by atoms with Crippen LogP contribution in [0.2, 0.25) is 0 Å². The van der Waals surface area contributed by atoms with Crippen molar-refractivity contribution in [1.29, 1.82) is 0 Å². The van der Waals surface area contributed by atoms with E-state index in [0.29, 0.717) is 12.3 Å². The van der Waals surface area contributed by atoms with Crippen LogP contribution >= 0.6 is 0 Å². The molecule has 6 heteroatoms. The second-order valence-electron chi connectivity index (χ2n) is 7.39. The Labute approximate surface area is 175 Å². The van der Waals surface area contributed by atoms with Crippen LogP contribution in [0.25, 0.3) is 11.1 Å². The van der Waals surface area contributed by atoms with E-state index in [1.165, 1.54) is 0 Å². The number of amides is 2. The van der Waals surface area contributed by atoms with Gasteiger partial charge in [-0.05, 0) is 43.1 Å². The molecule has 0 saturated carbocycles. The molecule has 0 aliphatic carbocycles. The average molecular weight is 403 g/mol. The number of anilines is 1. The number of likely N-dealkylation sites (tertiary alicyclic amines) is 1. The monoisotopic (exact) mass is 403 g/mol. The predicted octanol–water partition coefficient (Wildman–Crippen LogP) is 3.67. The van der Waals surface area contributed by atoms with Crippen molar-refractivity contribution in [3.05, 3.63) is 78.8 Å². The quantitative estimate of drug-likeness (QED) is 0.631. The standard InChI is InChI=1S/C24H25N3O3/c28-23(26-21-12-5-4-11-20(21)18-8-2-1-3-9-18)17-27-14-6-13-22(27)24(29)25-16-19-10-7-15-30-19/h1-5,7-12,15,22H,6,13-14,16-17H2,(H,25,29)(H,26,28). The number of nitrogens with one attached hydrogen (secondary N) is 2. The third-order valence-electron chi connectivity index (χ3n) is 5.32. The van der Waals surface area contributed by atoms with E-state index >= 15 is 0 Å². The SMILES string of the molecule is O=C(CN1CCCC1C(=O)NCc1ccco1)Nc1ccccc1-c1ccccc1. The Morgan fingerprint density at radius 2 is 1.80 bits per heavy atom. The summed E-state index contributed by atoms with van der Waals surface area (Å²) in [7, 11) is 0. The minimum atomic E-state index is -0.296. The van der Waals surface area contributed by atoms with Gasteiger partial charge in [-0.2, -0.15) is 0 Å². The Hall–Kier alpha value is -3.38. The second-order valence-corrected chi connectivity index (χ2v) is 7.39. The molecule has 30 heavy (non-hydrogen) atoms. The highest BCUT2D eigenvalue weighted by Gasteiger charge is 2.31. The molecule has 3 aromatic rings. The zero-order chi connectivity index (χ0) is 20.8. The molecule has 2 N–H and O–H groups in total. The van der Waals surface area contributed by atoms with Crippen molar-refractivity contribution in [3.63, 3.8) is 0 Å². The summed E-state index contributed by atoms with van der Waals surface area (Å²) in [5.74, 6) is 0.522. The fraction of sp³-hybridized carbons (Fsp3) is 0.250. The maximum atomic E-state index is 12.8. The molecule has 1 aliphatic heterocycles. The van der Waals surface area contributed by atoms with E-state index < -0.39 is 0 Å². The molecule has 1 atom stereocenters. The van der Waals surface area contributed by atoms with Crippen molar-refractivity contribution in [3.8, 4) is 11.1 Å². The minimum Gasteiger partial charge on any atom is -0.467 e. The molecular formula is C24H25N3O3. The van der Waals surface area contributed by atoms with Gasteiger partial charge >= 0.3 is 0 Å². The fourth-order valence-corrected chi connectivity index (χ4v) is 3.85. The maximum Gasteiger partial charge on any atom is 0.238 e. The first-order chi connectivity index (χ1) is 14.7. The van der Waals surface area contributed by atoms with E-state index in [4.69, 9.17) is 4.42 Å². The van der Waals surface area contributed by atoms with Crippen LogP contribution in [0.15, 0.2) is 77.4 Å². The number of carbonyl (C=O) groups excluding carboxylic acids is 2. The molecule has 1 saturated heterocycles. The highest BCUT2D eigenvalue weighted by atomic mass is 16.3. The Morgan fingerprint density at radius 3 is 2.60 bits per heavy atom. The summed E-state index contributed by atoms with van der Waals surface area (Å²) in [6.07, 6.45) is 3.23. The van der Waals surface area contributed by atoms with Crippen LogP contribution in [-0.4, -0.2) is 35.8 Å². The van der Waals surface area contributed by atoms with Crippen LogP contribution in [0.5, 0.6) is 0 Å². The number of furan rings is 1. The summed E-state index contributed by atoms with van der Waals surface area (Å²) >= 11 is 0. The van der Waals surface area contributed by atoms with Gasteiger partial charge in [0.05, 0.1) is 25.4 Å². The van der Waals surface area contributed by atoms with Crippen LogP contribution in [0.4, 0.5) is 5.69 Å². The van der Waals surface area contributed by atoms with E-state index in [0.717, 1.165) is 36.2 Å². The topological polar surface area (TPSA) is 74.6 Å². The smallest absolute Gasteiger partial charge is 0.238 e. The van der Waals surface area contributed by atoms with E-state index in [1.54, 1.807) is 12.3 Å². The van der Waals surface area contributed by atoms with Crippen molar-refractivity contribution < 1.29 is 14.0 Å². The summed E-state index contributed by atoms with van der Waals surface area (Å²) < 4.78 is 5.26. The van der Waals surface area contributed by atoms with Crippen LogP contribution in [0, 0.1) is 0 Å². The summed E-state index contributed by atoms with van der Waals surface area (Å²) in [6.45, 7) is 1.27. The van der Waals surface area contributed by atoms with Gasteiger partial charge in [0.15, 0.2) is 0 Å². The van der Waals surface area contributed by atoms with Gasteiger partial charge in [-0.25, -0.2) is 0 Å². The number of nitrogens with zero attached hydrogens (tertiary/aromatic N) is 1. The Bertz CT molecular complexity index is 986. The Balaban J connectivity index is 1.37. The molecule has 6 nitrogen and oxygen atoms in total.